The van der Waals surface area contributed by atoms with Crippen molar-refractivity contribution in [3.05, 3.63) is 52.9 Å². The summed E-state index contributed by atoms with van der Waals surface area (Å²) in [5.74, 6) is 1.47. The van der Waals surface area contributed by atoms with Gasteiger partial charge >= 0.3 is 0 Å². The standard InChI is InChI=1S/C14H14ClN3S/c1-9-5-14(17-8-16-9)18-19-13-7-12(13)10-3-2-4-11(15)6-10/h2-6,8,12-13H,7H2,1H3,(H,16,17,18). The molecule has 0 radical (unpaired) electrons. The lowest BCUT2D eigenvalue weighted by Gasteiger charge is -2.04. The van der Waals surface area contributed by atoms with E-state index in [9.17, 15) is 0 Å². The van der Waals surface area contributed by atoms with Gasteiger partial charge in [0.2, 0.25) is 0 Å². The van der Waals surface area contributed by atoms with E-state index in [1.165, 1.54) is 12.0 Å². The van der Waals surface area contributed by atoms with Gasteiger partial charge in [0.25, 0.3) is 0 Å². The SMILES string of the molecule is Cc1cc(NSC2CC2c2cccc(Cl)c2)ncn1. The van der Waals surface area contributed by atoms with Crippen LogP contribution in [0, 0.1) is 6.92 Å². The summed E-state index contributed by atoms with van der Waals surface area (Å²) in [4.78, 5) is 8.27. The smallest absolute Gasteiger partial charge is 0.139 e. The number of hydrogen-bond acceptors (Lipinski definition) is 4. The van der Waals surface area contributed by atoms with E-state index in [-0.39, 0.29) is 0 Å². The summed E-state index contributed by atoms with van der Waals surface area (Å²) in [6.45, 7) is 1.96. The van der Waals surface area contributed by atoms with Crippen LogP contribution in [-0.2, 0) is 0 Å². The summed E-state index contributed by atoms with van der Waals surface area (Å²) in [7, 11) is 0. The fourth-order valence-electron chi connectivity index (χ4n) is 2.04. The Balaban J connectivity index is 1.56. The number of aromatic nitrogens is 2. The Bertz CT molecular complexity index is 590. The molecule has 3 nitrogen and oxygen atoms in total. The average Bonchev–Trinajstić information content (AvgIpc) is 3.16. The number of nitrogens with one attached hydrogen (secondary N) is 1. The van der Waals surface area contributed by atoms with Crippen LogP contribution in [0.5, 0.6) is 0 Å². The summed E-state index contributed by atoms with van der Waals surface area (Å²) in [5.41, 5.74) is 2.30. The topological polar surface area (TPSA) is 37.8 Å². The van der Waals surface area contributed by atoms with Gasteiger partial charge < -0.3 is 4.72 Å². The van der Waals surface area contributed by atoms with Crippen molar-refractivity contribution in [3.63, 3.8) is 0 Å². The summed E-state index contributed by atoms with van der Waals surface area (Å²) in [5, 5.41) is 1.40. The second-order valence-electron chi connectivity index (χ2n) is 4.70. The van der Waals surface area contributed by atoms with Gasteiger partial charge in [-0.25, -0.2) is 9.97 Å². The van der Waals surface area contributed by atoms with Crippen LogP contribution in [0.4, 0.5) is 5.82 Å². The van der Waals surface area contributed by atoms with E-state index >= 15 is 0 Å². The molecular weight excluding hydrogens is 278 g/mol. The van der Waals surface area contributed by atoms with Crippen LogP contribution < -0.4 is 4.72 Å². The first-order valence-corrected chi connectivity index (χ1v) is 7.44. The van der Waals surface area contributed by atoms with Gasteiger partial charge in [-0.3, -0.25) is 0 Å². The molecule has 1 aliphatic carbocycles. The van der Waals surface area contributed by atoms with Crippen LogP contribution in [0.2, 0.25) is 5.02 Å². The molecule has 1 aromatic heterocycles. The number of aryl methyl sites for hydroxylation is 1. The highest BCUT2D eigenvalue weighted by Gasteiger charge is 2.39. The first-order valence-electron chi connectivity index (χ1n) is 6.18. The molecule has 0 amide bonds. The van der Waals surface area contributed by atoms with E-state index in [2.05, 4.69) is 26.8 Å². The normalized spacial score (nSPS) is 21.2. The third kappa shape index (κ3) is 3.19. The fourth-order valence-corrected chi connectivity index (χ4v) is 3.24. The van der Waals surface area contributed by atoms with Crippen molar-refractivity contribution in [1.29, 1.82) is 0 Å². The molecule has 1 aliphatic rings. The van der Waals surface area contributed by atoms with Crippen molar-refractivity contribution in [2.24, 2.45) is 0 Å². The fraction of sp³-hybridized carbons (Fsp3) is 0.286. The van der Waals surface area contributed by atoms with Crippen molar-refractivity contribution in [3.8, 4) is 0 Å². The van der Waals surface area contributed by atoms with Gasteiger partial charge in [-0.15, -0.1) is 0 Å². The lowest BCUT2D eigenvalue weighted by Crippen LogP contribution is -1.95. The quantitative estimate of drug-likeness (QED) is 0.862. The maximum absolute atomic E-state index is 6.02. The molecule has 0 spiro atoms. The minimum absolute atomic E-state index is 0.591. The second-order valence-corrected chi connectivity index (χ2v) is 6.18. The van der Waals surface area contributed by atoms with E-state index in [4.69, 9.17) is 11.6 Å². The number of hydrogen-bond donors (Lipinski definition) is 1. The van der Waals surface area contributed by atoms with Gasteiger partial charge in [0.1, 0.15) is 12.1 Å². The lowest BCUT2D eigenvalue weighted by atomic mass is 10.1. The minimum atomic E-state index is 0.591. The highest BCUT2D eigenvalue weighted by atomic mass is 35.5. The third-order valence-electron chi connectivity index (χ3n) is 3.13. The Morgan fingerprint density at radius 1 is 1.32 bits per heavy atom. The molecule has 5 heteroatoms. The Labute approximate surface area is 121 Å². The van der Waals surface area contributed by atoms with Gasteiger partial charge in [-0.05, 0) is 48.9 Å². The molecule has 1 aromatic carbocycles. The maximum atomic E-state index is 6.02. The zero-order valence-corrected chi connectivity index (χ0v) is 12.1. The summed E-state index contributed by atoms with van der Waals surface area (Å²) < 4.78 is 3.29. The zero-order chi connectivity index (χ0) is 13.2. The molecule has 1 saturated carbocycles. The van der Waals surface area contributed by atoms with Crippen molar-refractivity contribution >= 4 is 29.4 Å². The molecule has 0 bridgehead atoms. The zero-order valence-electron chi connectivity index (χ0n) is 10.5. The van der Waals surface area contributed by atoms with Crippen molar-refractivity contribution in [2.45, 2.75) is 24.5 Å². The Hall–Kier alpha value is -1.26. The Morgan fingerprint density at radius 3 is 3.00 bits per heavy atom. The number of anilines is 1. The largest absolute Gasteiger partial charge is 0.314 e. The molecule has 1 N–H and O–H groups in total. The first kappa shape index (κ1) is 12.8. The number of rotatable bonds is 4. The van der Waals surface area contributed by atoms with Crippen LogP contribution in [-0.4, -0.2) is 15.2 Å². The Kier molecular flexibility index (Phi) is 3.62. The number of benzene rings is 1. The monoisotopic (exact) mass is 291 g/mol. The van der Waals surface area contributed by atoms with Crippen LogP contribution in [0.25, 0.3) is 0 Å². The maximum Gasteiger partial charge on any atom is 0.139 e. The molecule has 19 heavy (non-hydrogen) atoms. The van der Waals surface area contributed by atoms with E-state index in [0.717, 1.165) is 16.5 Å². The van der Waals surface area contributed by atoms with Crippen LogP contribution >= 0.6 is 23.5 Å². The highest BCUT2D eigenvalue weighted by Crippen LogP contribution is 2.49. The number of halogens is 1. The van der Waals surface area contributed by atoms with E-state index < -0.39 is 0 Å². The lowest BCUT2D eigenvalue weighted by molar-refractivity contribution is 1.11. The molecule has 2 atom stereocenters. The van der Waals surface area contributed by atoms with Gasteiger partial charge in [-0.2, -0.15) is 0 Å². The molecule has 0 aliphatic heterocycles. The van der Waals surface area contributed by atoms with Crippen LogP contribution in [0.1, 0.15) is 23.6 Å². The molecule has 3 rings (SSSR count). The predicted molar refractivity (Wildman–Crippen MR) is 80.6 cm³/mol. The van der Waals surface area contributed by atoms with Crippen molar-refractivity contribution < 1.29 is 0 Å². The van der Waals surface area contributed by atoms with Crippen LogP contribution in [0.15, 0.2) is 36.7 Å². The molecule has 2 aromatic rings. The Morgan fingerprint density at radius 2 is 2.21 bits per heavy atom. The molecular formula is C14H14ClN3S. The predicted octanol–water partition coefficient (Wildman–Crippen LogP) is 4.05. The summed E-state index contributed by atoms with van der Waals surface area (Å²) in [6.07, 6.45) is 2.77. The summed E-state index contributed by atoms with van der Waals surface area (Å²) >= 11 is 7.75. The van der Waals surface area contributed by atoms with E-state index in [1.54, 1.807) is 18.3 Å². The second kappa shape index (κ2) is 5.39. The van der Waals surface area contributed by atoms with Crippen molar-refractivity contribution in [1.82, 2.24) is 9.97 Å². The molecule has 98 valence electrons. The van der Waals surface area contributed by atoms with Gasteiger partial charge in [0.15, 0.2) is 0 Å². The van der Waals surface area contributed by atoms with Gasteiger partial charge in [0, 0.05) is 22.0 Å². The molecule has 1 heterocycles. The van der Waals surface area contributed by atoms with Crippen LogP contribution in [0.3, 0.4) is 0 Å². The van der Waals surface area contributed by atoms with E-state index in [1.807, 2.05) is 25.1 Å². The third-order valence-corrected chi connectivity index (χ3v) is 4.51. The highest BCUT2D eigenvalue weighted by molar-refractivity contribution is 8.01. The summed E-state index contributed by atoms with van der Waals surface area (Å²) in [6, 6.07) is 10.1. The van der Waals surface area contributed by atoms with E-state index in [0.29, 0.717) is 11.2 Å². The minimum Gasteiger partial charge on any atom is -0.314 e. The molecule has 1 fully saturated rings. The molecule has 0 saturated heterocycles. The van der Waals surface area contributed by atoms with Crippen molar-refractivity contribution in [2.75, 3.05) is 4.72 Å². The molecule has 2 unspecified atom stereocenters. The first-order chi connectivity index (χ1) is 9.22. The van der Waals surface area contributed by atoms with Gasteiger partial charge in [0.05, 0.1) is 0 Å². The number of nitrogens with zero attached hydrogens (tertiary/aromatic N) is 2. The average molecular weight is 292 g/mol. The van der Waals surface area contributed by atoms with Gasteiger partial charge in [-0.1, -0.05) is 23.7 Å².